The normalized spacial score (nSPS) is 11.2. The van der Waals surface area contributed by atoms with Gasteiger partial charge in [0.1, 0.15) is 17.2 Å². The fourth-order valence-corrected chi connectivity index (χ4v) is 2.52. The van der Waals surface area contributed by atoms with Crippen LogP contribution in [0.15, 0.2) is 17.1 Å². The minimum Gasteiger partial charge on any atom is -0.496 e. The Morgan fingerprint density at radius 1 is 0.960 bits per heavy atom. The molecule has 0 unspecified atom stereocenters. The molecule has 6 nitrogen and oxygen atoms in total. The van der Waals surface area contributed by atoms with E-state index in [1.54, 1.807) is 21.3 Å². The molecule has 0 aliphatic carbocycles. The summed E-state index contributed by atoms with van der Waals surface area (Å²) < 4.78 is 16.3. The smallest absolute Gasteiger partial charge is 0.191 e. The fourth-order valence-electron chi connectivity index (χ4n) is 2.52. The molecule has 1 aromatic rings. The van der Waals surface area contributed by atoms with Crippen molar-refractivity contribution in [3.05, 3.63) is 17.7 Å². The van der Waals surface area contributed by atoms with Crippen LogP contribution in [0.2, 0.25) is 0 Å². The largest absolute Gasteiger partial charge is 0.496 e. The van der Waals surface area contributed by atoms with Gasteiger partial charge in [0.15, 0.2) is 5.96 Å². The number of hydrogen-bond donors (Lipinski definition) is 2. The third-order valence-corrected chi connectivity index (χ3v) is 3.86. The summed E-state index contributed by atoms with van der Waals surface area (Å²) in [6.45, 7) is 6.69. The Kier molecular flexibility index (Phi) is 10.3. The van der Waals surface area contributed by atoms with Gasteiger partial charge in [0.05, 0.1) is 21.3 Å². The summed E-state index contributed by atoms with van der Waals surface area (Å²) in [6, 6.07) is 3.75. The summed E-state index contributed by atoms with van der Waals surface area (Å²) >= 11 is 0. The van der Waals surface area contributed by atoms with E-state index < -0.39 is 0 Å². The lowest BCUT2D eigenvalue weighted by Gasteiger charge is -2.16. The first kappa shape index (κ1) is 20.9. The number of ether oxygens (including phenoxy) is 3. The molecule has 25 heavy (non-hydrogen) atoms. The molecule has 0 heterocycles. The molecule has 0 aliphatic rings. The van der Waals surface area contributed by atoms with Crippen molar-refractivity contribution in [3.8, 4) is 17.2 Å². The van der Waals surface area contributed by atoms with Gasteiger partial charge in [-0.3, -0.25) is 4.99 Å². The minimum atomic E-state index is 0.719. The van der Waals surface area contributed by atoms with Crippen LogP contribution in [-0.2, 0) is 6.42 Å². The SMILES string of the molecule is CCCCCN=C(NCC)NCCc1c(OC)cc(OC)cc1OC. The molecule has 0 radical (unpaired) electrons. The highest BCUT2D eigenvalue weighted by atomic mass is 16.5. The molecule has 1 aromatic carbocycles. The molecular formula is C19H33N3O3. The molecule has 0 amide bonds. The monoisotopic (exact) mass is 351 g/mol. The lowest BCUT2D eigenvalue weighted by Crippen LogP contribution is -2.38. The van der Waals surface area contributed by atoms with Crippen molar-refractivity contribution >= 4 is 5.96 Å². The van der Waals surface area contributed by atoms with Crippen LogP contribution in [0.1, 0.15) is 38.7 Å². The maximum Gasteiger partial charge on any atom is 0.191 e. The van der Waals surface area contributed by atoms with E-state index in [1.807, 2.05) is 12.1 Å². The van der Waals surface area contributed by atoms with Crippen molar-refractivity contribution in [2.24, 2.45) is 4.99 Å². The van der Waals surface area contributed by atoms with Crippen LogP contribution in [0, 0.1) is 0 Å². The zero-order valence-electron chi connectivity index (χ0n) is 16.3. The van der Waals surface area contributed by atoms with Crippen LogP contribution in [-0.4, -0.2) is 46.9 Å². The van der Waals surface area contributed by atoms with E-state index in [-0.39, 0.29) is 0 Å². The highest BCUT2D eigenvalue weighted by Crippen LogP contribution is 2.34. The van der Waals surface area contributed by atoms with E-state index in [4.69, 9.17) is 14.2 Å². The predicted octanol–water partition coefficient (Wildman–Crippen LogP) is 3.00. The van der Waals surface area contributed by atoms with E-state index in [0.29, 0.717) is 0 Å². The Hall–Kier alpha value is -2.11. The second-order valence-corrected chi connectivity index (χ2v) is 5.66. The van der Waals surface area contributed by atoms with Crippen molar-refractivity contribution < 1.29 is 14.2 Å². The fraction of sp³-hybridized carbons (Fsp3) is 0.632. The maximum atomic E-state index is 5.49. The van der Waals surface area contributed by atoms with Crippen LogP contribution < -0.4 is 24.8 Å². The van der Waals surface area contributed by atoms with E-state index in [9.17, 15) is 0 Å². The molecule has 0 spiro atoms. The number of nitrogens with one attached hydrogen (secondary N) is 2. The first-order valence-corrected chi connectivity index (χ1v) is 9.01. The standard InChI is InChI=1S/C19H33N3O3/c1-6-8-9-11-21-19(20-7-2)22-12-10-16-17(24-4)13-15(23-3)14-18(16)25-5/h13-14H,6-12H2,1-5H3,(H2,20,21,22). The second kappa shape index (κ2) is 12.3. The third-order valence-electron chi connectivity index (χ3n) is 3.86. The number of rotatable bonds is 11. The number of methoxy groups -OCH3 is 3. The molecule has 142 valence electrons. The van der Waals surface area contributed by atoms with Gasteiger partial charge < -0.3 is 24.8 Å². The predicted molar refractivity (Wildman–Crippen MR) is 103 cm³/mol. The maximum absolute atomic E-state index is 5.49. The van der Waals surface area contributed by atoms with Crippen molar-refractivity contribution in [1.82, 2.24) is 10.6 Å². The second-order valence-electron chi connectivity index (χ2n) is 5.66. The van der Waals surface area contributed by atoms with Crippen LogP contribution in [0.5, 0.6) is 17.2 Å². The topological polar surface area (TPSA) is 64.1 Å². The summed E-state index contributed by atoms with van der Waals surface area (Å²) in [5.41, 5.74) is 1.01. The molecule has 0 fully saturated rings. The molecule has 0 saturated heterocycles. The molecule has 0 aromatic heterocycles. The van der Waals surface area contributed by atoms with E-state index >= 15 is 0 Å². The van der Waals surface area contributed by atoms with Gasteiger partial charge in [-0.15, -0.1) is 0 Å². The molecule has 1 rings (SSSR count). The number of hydrogen-bond acceptors (Lipinski definition) is 4. The highest BCUT2D eigenvalue weighted by Gasteiger charge is 2.13. The zero-order chi connectivity index (χ0) is 18.5. The summed E-state index contributed by atoms with van der Waals surface area (Å²) in [5.74, 6) is 3.10. The van der Waals surface area contributed by atoms with Crippen molar-refractivity contribution in [2.75, 3.05) is 41.0 Å². The number of aliphatic imine (C=N–C) groups is 1. The molecule has 2 N–H and O–H groups in total. The van der Waals surface area contributed by atoms with Gasteiger partial charge in [0.2, 0.25) is 0 Å². The summed E-state index contributed by atoms with van der Waals surface area (Å²) in [5, 5.41) is 6.65. The number of guanidine groups is 1. The van der Waals surface area contributed by atoms with Gasteiger partial charge in [0, 0.05) is 37.3 Å². The van der Waals surface area contributed by atoms with Gasteiger partial charge in [-0.1, -0.05) is 19.8 Å². The van der Waals surface area contributed by atoms with Crippen LogP contribution in [0.4, 0.5) is 0 Å². The van der Waals surface area contributed by atoms with E-state index in [2.05, 4.69) is 29.5 Å². The average Bonchev–Trinajstić information content (AvgIpc) is 2.64. The number of benzene rings is 1. The van der Waals surface area contributed by atoms with Crippen LogP contribution in [0.3, 0.4) is 0 Å². The first-order valence-electron chi connectivity index (χ1n) is 9.01. The third kappa shape index (κ3) is 7.11. The highest BCUT2D eigenvalue weighted by molar-refractivity contribution is 5.79. The van der Waals surface area contributed by atoms with Gasteiger partial charge in [-0.05, 0) is 19.8 Å². The average molecular weight is 351 g/mol. The summed E-state index contributed by atoms with van der Waals surface area (Å²) in [6.07, 6.45) is 4.29. The first-order chi connectivity index (χ1) is 12.2. The molecule has 0 bridgehead atoms. The Morgan fingerprint density at radius 3 is 2.16 bits per heavy atom. The molecule has 6 heteroatoms. The molecule has 0 saturated carbocycles. The Morgan fingerprint density at radius 2 is 1.64 bits per heavy atom. The Labute approximate surface area is 152 Å². The summed E-state index contributed by atoms with van der Waals surface area (Å²) in [7, 11) is 4.95. The lowest BCUT2D eigenvalue weighted by atomic mass is 10.1. The minimum absolute atomic E-state index is 0.719. The van der Waals surface area contributed by atoms with Crippen molar-refractivity contribution in [2.45, 2.75) is 39.5 Å². The summed E-state index contributed by atoms with van der Waals surface area (Å²) in [4.78, 5) is 4.61. The quantitative estimate of drug-likeness (QED) is 0.364. The Bertz CT molecular complexity index is 508. The molecular weight excluding hydrogens is 318 g/mol. The number of unbranched alkanes of at least 4 members (excludes halogenated alkanes) is 2. The molecule has 0 aliphatic heterocycles. The zero-order valence-corrected chi connectivity index (χ0v) is 16.3. The van der Waals surface area contributed by atoms with Gasteiger partial charge >= 0.3 is 0 Å². The van der Waals surface area contributed by atoms with Gasteiger partial charge in [0.25, 0.3) is 0 Å². The van der Waals surface area contributed by atoms with Gasteiger partial charge in [-0.2, -0.15) is 0 Å². The number of nitrogens with zero attached hydrogens (tertiary/aromatic N) is 1. The van der Waals surface area contributed by atoms with Crippen LogP contribution in [0.25, 0.3) is 0 Å². The van der Waals surface area contributed by atoms with Crippen molar-refractivity contribution in [1.29, 1.82) is 0 Å². The van der Waals surface area contributed by atoms with Crippen LogP contribution >= 0.6 is 0 Å². The Balaban J connectivity index is 2.71. The lowest BCUT2D eigenvalue weighted by molar-refractivity contribution is 0.368. The molecule has 0 atom stereocenters. The van der Waals surface area contributed by atoms with E-state index in [1.165, 1.54) is 12.8 Å². The van der Waals surface area contributed by atoms with E-state index in [0.717, 1.165) is 61.2 Å². The van der Waals surface area contributed by atoms with Gasteiger partial charge in [-0.25, -0.2) is 0 Å². The van der Waals surface area contributed by atoms with Crippen molar-refractivity contribution in [3.63, 3.8) is 0 Å².